The second kappa shape index (κ2) is 14.6. The van der Waals surface area contributed by atoms with E-state index in [1.54, 1.807) is 12.1 Å². The van der Waals surface area contributed by atoms with Crippen LogP contribution in [0, 0.1) is 0 Å². The monoisotopic (exact) mass is 611 g/mol. The molecule has 4 rings (SSSR count). The lowest BCUT2D eigenvalue weighted by Crippen LogP contribution is -2.55. The minimum absolute atomic E-state index is 0.0430. The van der Waals surface area contributed by atoms with Crippen LogP contribution in [0.15, 0.2) is 78.9 Å². The molecule has 10 heteroatoms. The summed E-state index contributed by atoms with van der Waals surface area (Å²) in [6.07, 6.45) is 6.33. The number of halogens is 1. The Labute approximate surface area is 253 Å². The molecule has 0 radical (unpaired) electrons. The summed E-state index contributed by atoms with van der Waals surface area (Å²) < 4.78 is 32.5. The molecule has 0 heterocycles. The van der Waals surface area contributed by atoms with Crippen molar-refractivity contribution in [2.75, 3.05) is 24.2 Å². The number of methoxy groups -OCH3 is 1. The lowest BCUT2D eigenvalue weighted by molar-refractivity contribution is -0.140. The molecule has 0 saturated heterocycles. The molecular weight excluding hydrogens is 574 g/mol. The van der Waals surface area contributed by atoms with Gasteiger partial charge in [-0.3, -0.25) is 13.9 Å². The molecular formula is C32H38ClN3O5S. The first-order chi connectivity index (χ1) is 20.2. The summed E-state index contributed by atoms with van der Waals surface area (Å²) in [5.74, 6) is -0.518. The molecule has 1 saturated carbocycles. The molecule has 1 fully saturated rings. The number of anilines is 1. The molecule has 1 aliphatic rings. The number of sulfonamides is 1. The van der Waals surface area contributed by atoms with E-state index >= 15 is 0 Å². The molecule has 8 nitrogen and oxygen atoms in total. The second-order valence-corrected chi connectivity index (χ2v) is 13.0. The number of benzene rings is 3. The van der Waals surface area contributed by atoms with Crippen molar-refractivity contribution in [2.45, 2.75) is 57.2 Å². The molecule has 224 valence electrons. The Morgan fingerprint density at radius 2 is 1.57 bits per heavy atom. The van der Waals surface area contributed by atoms with E-state index in [4.69, 9.17) is 16.3 Å². The first kappa shape index (κ1) is 31.4. The number of carbonyl (C=O) groups excluding carboxylic acids is 2. The van der Waals surface area contributed by atoms with E-state index in [9.17, 15) is 18.0 Å². The standard InChI is InChI=1S/C32H38ClN3O5S/c1-41-30-19-18-26(33)21-28(30)36(42(2,39)40)23-31(37)35(22-25-14-8-4-9-15-25)29(20-24-12-6-3-7-13-24)32(38)34-27-16-10-5-11-17-27/h3-4,6-9,12-15,18-19,21,27,29H,5,10-11,16-17,20,22-23H2,1-2H3,(H,34,38)/t29-/m0/s1. The van der Waals surface area contributed by atoms with Crippen LogP contribution in [0.4, 0.5) is 5.69 Å². The third-order valence-electron chi connectivity index (χ3n) is 7.51. The van der Waals surface area contributed by atoms with Gasteiger partial charge in [0.05, 0.1) is 19.1 Å². The van der Waals surface area contributed by atoms with Crippen LogP contribution in [0.25, 0.3) is 0 Å². The number of rotatable bonds is 12. The van der Waals surface area contributed by atoms with Gasteiger partial charge in [-0.1, -0.05) is 91.5 Å². The van der Waals surface area contributed by atoms with Gasteiger partial charge in [0.1, 0.15) is 18.3 Å². The van der Waals surface area contributed by atoms with Gasteiger partial charge in [0, 0.05) is 24.0 Å². The average molecular weight is 612 g/mol. The molecule has 1 aliphatic carbocycles. The summed E-state index contributed by atoms with van der Waals surface area (Å²) in [4.78, 5) is 29.7. The predicted octanol–water partition coefficient (Wildman–Crippen LogP) is 5.20. The van der Waals surface area contributed by atoms with Crippen LogP contribution < -0.4 is 14.4 Å². The Morgan fingerprint density at radius 3 is 2.17 bits per heavy atom. The molecule has 42 heavy (non-hydrogen) atoms. The van der Waals surface area contributed by atoms with Crippen molar-refractivity contribution in [3.05, 3.63) is 95.0 Å². The Hall–Kier alpha value is -3.56. The molecule has 3 aromatic rings. The van der Waals surface area contributed by atoms with Crippen molar-refractivity contribution < 1.29 is 22.7 Å². The van der Waals surface area contributed by atoms with Crippen LogP contribution in [-0.4, -0.2) is 57.1 Å². The van der Waals surface area contributed by atoms with Crippen LogP contribution in [0.1, 0.15) is 43.2 Å². The fourth-order valence-corrected chi connectivity index (χ4v) is 6.34. The number of nitrogens with zero attached hydrogens (tertiary/aromatic N) is 2. The zero-order valence-electron chi connectivity index (χ0n) is 24.0. The van der Waals surface area contributed by atoms with Crippen molar-refractivity contribution in [2.24, 2.45) is 0 Å². The normalized spacial score (nSPS) is 14.5. The molecule has 0 aromatic heterocycles. The Bertz CT molecular complexity index is 1450. The van der Waals surface area contributed by atoms with Gasteiger partial charge >= 0.3 is 0 Å². The summed E-state index contributed by atoms with van der Waals surface area (Å²) in [5, 5.41) is 3.49. The highest BCUT2D eigenvalue weighted by atomic mass is 35.5. The number of hydrogen-bond acceptors (Lipinski definition) is 5. The molecule has 0 unspecified atom stereocenters. The van der Waals surface area contributed by atoms with Crippen LogP contribution in [0.2, 0.25) is 5.02 Å². The Balaban J connectivity index is 1.73. The number of ether oxygens (including phenoxy) is 1. The fraction of sp³-hybridized carbons (Fsp3) is 0.375. The molecule has 2 amide bonds. The van der Waals surface area contributed by atoms with Gasteiger partial charge in [0.25, 0.3) is 0 Å². The van der Waals surface area contributed by atoms with Gasteiger partial charge in [-0.25, -0.2) is 8.42 Å². The van der Waals surface area contributed by atoms with E-state index in [2.05, 4.69) is 5.32 Å². The van der Waals surface area contributed by atoms with E-state index in [0.717, 1.165) is 53.8 Å². The predicted molar refractivity (Wildman–Crippen MR) is 166 cm³/mol. The zero-order chi connectivity index (χ0) is 30.1. The minimum Gasteiger partial charge on any atom is -0.495 e. The van der Waals surface area contributed by atoms with Gasteiger partial charge in [-0.15, -0.1) is 0 Å². The number of amides is 2. The number of carbonyl (C=O) groups is 2. The largest absolute Gasteiger partial charge is 0.495 e. The SMILES string of the molecule is COc1ccc(Cl)cc1N(CC(=O)N(Cc1ccccc1)[C@@H](Cc1ccccc1)C(=O)NC1CCCCC1)S(C)(=O)=O. The highest BCUT2D eigenvalue weighted by Crippen LogP contribution is 2.33. The lowest BCUT2D eigenvalue weighted by atomic mass is 9.94. The molecule has 0 spiro atoms. The summed E-state index contributed by atoms with van der Waals surface area (Å²) in [6, 6.07) is 22.7. The van der Waals surface area contributed by atoms with Gasteiger partial charge in [0.15, 0.2) is 0 Å². The topological polar surface area (TPSA) is 96.0 Å². The molecule has 3 aromatic carbocycles. The van der Waals surface area contributed by atoms with Crippen LogP contribution >= 0.6 is 11.6 Å². The molecule has 0 aliphatic heterocycles. The van der Waals surface area contributed by atoms with Gasteiger partial charge in [-0.2, -0.15) is 0 Å². The minimum atomic E-state index is -3.95. The number of hydrogen-bond donors (Lipinski definition) is 1. The smallest absolute Gasteiger partial charge is 0.244 e. The van der Waals surface area contributed by atoms with Gasteiger partial charge in [0.2, 0.25) is 21.8 Å². The lowest BCUT2D eigenvalue weighted by Gasteiger charge is -2.35. The fourth-order valence-electron chi connectivity index (χ4n) is 5.33. The van der Waals surface area contributed by atoms with Crippen molar-refractivity contribution in [1.29, 1.82) is 0 Å². The van der Waals surface area contributed by atoms with Crippen molar-refractivity contribution >= 4 is 39.1 Å². The highest BCUT2D eigenvalue weighted by molar-refractivity contribution is 7.92. The van der Waals surface area contributed by atoms with Crippen LogP contribution in [0.5, 0.6) is 5.75 Å². The summed E-state index contributed by atoms with van der Waals surface area (Å²) in [6.45, 7) is -0.413. The third-order valence-corrected chi connectivity index (χ3v) is 8.87. The van der Waals surface area contributed by atoms with E-state index in [1.807, 2.05) is 60.7 Å². The van der Waals surface area contributed by atoms with Gasteiger partial charge in [-0.05, 0) is 42.2 Å². The van der Waals surface area contributed by atoms with E-state index in [1.165, 1.54) is 18.1 Å². The summed E-state index contributed by atoms with van der Waals surface area (Å²) in [7, 11) is -2.53. The van der Waals surface area contributed by atoms with Crippen molar-refractivity contribution in [3.8, 4) is 5.75 Å². The first-order valence-electron chi connectivity index (χ1n) is 14.1. The number of nitrogens with one attached hydrogen (secondary N) is 1. The first-order valence-corrected chi connectivity index (χ1v) is 16.4. The maximum Gasteiger partial charge on any atom is 0.244 e. The van der Waals surface area contributed by atoms with E-state index in [0.29, 0.717) is 5.02 Å². The Morgan fingerprint density at radius 1 is 0.952 bits per heavy atom. The quantitative estimate of drug-likeness (QED) is 0.304. The Kier molecular flexibility index (Phi) is 10.9. The van der Waals surface area contributed by atoms with Crippen LogP contribution in [0.3, 0.4) is 0 Å². The van der Waals surface area contributed by atoms with Gasteiger partial charge < -0.3 is 15.0 Å². The maximum atomic E-state index is 14.3. The average Bonchev–Trinajstić information content (AvgIpc) is 2.98. The molecule has 1 atom stereocenters. The molecule has 1 N–H and O–H groups in total. The van der Waals surface area contributed by atoms with E-state index < -0.39 is 28.5 Å². The highest BCUT2D eigenvalue weighted by Gasteiger charge is 2.34. The second-order valence-electron chi connectivity index (χ2n) is 10.6. The van der Waals surface area contributed by atoms with E-state index in [-0.39, 0.29) is 36.4 Å². The maximum absolute atomic E-state index is 14.3. The molecule has 0 bridgehead atoms. The van der Waals surface area contributed by atoms with Crippen molar-refractivity contribution in [3.63, 3.8) is 0 Å². The summed E-state index contributed by atoms with van der Waals surface area (Å²) >= 11 is 6.22. The third kappa shape index (κ3) is 8.49. The summed E-state index contributed by atoms with van der Waals surface area (Å²) in [5.41, 5.74) is 1.86. The van der Waals surface area contributed by atoms with Crippen LogP contribution in [-0.2, 0) is 32.6 Å². The van der Waals surface area contributed by atoms with Crippen molar-refractivity contribution in [1.82, 2.24) is 10.2 Å². The zero-order valence-corrected chi connectivity index (χ0v) is 25.6.